The van der Waals surface area contributed by atoms with E-state index < -0.39 is 5.60 Å². The van der Waals surface area contributed by atoms with E-state index in [0.717, 1.165) is 18.4 Å². The molecule has 1 aromatic carbocycles. The van der Waals surface area contributed by atoms with Gasteiger partial charge in [-0.25, -0.2) is 9.18 Å². The lowest BCUT2D eigenvalue weighted by Gasteiger charge is -2.21. The molecule has 4 rings (SSSR count). The molecule has 3 amide bonds. The molecule has 1 spiro atoms. The molecule has 1 aromatic rings. The molecule has 2 N–H and O–H groups in total. The molecule has 1 unspecified atom stereocenters. The standard InChI is InChI=1S/C18H21FN4O3/c19-13-3-1-12(2-4-13)10-20-16(24)15-9-18(26-22-15)7-8-23(11-18)17(25)21-14-5-6-14/h1-4,14H,5-11H2,(H,20,24)(H,21,25). The van der Waals surface area contributed by atoms with Gasteiger partial charge in [0.2, 0.25) is 0 Å². The smallest absolute Gasteiger partial charge is 0.317 e. The minimum atomic E-state index is -0.594. The van der Waals surface area contributed by atoms with Gasteiger partial charge in [-0.15, -0.1) is 0 Å². The highest BCUT2D eigenvalue weighted by molar-refractivity contribution is 6.39. The third kappa shape index (κ3) is 3.63. The average Bonchev–Trinajstić information content (AvgIpc) is 3.20. The molecule has 138 valence electrons. The van der Waals surface area contributed by atoms with E-state index in [1.54, 1.807) is 17.0 Å². The lowest BCUT2D eigenvalue weighted by Crippen LogP contribution is -2.43. The lowest BCUT2D eigenvalue weighted by molar-refractivity contribution is -0.115. The Bertz CT molecular complexity index is 747. The fraction of sp³-hybridized carbons (Fsp3) is 0.500. The number of carbonyl (C=O) groups excluding carboxylic acids is 2. The number of amides is 3. The van der Waals surface area contributed by atoms with Crippen LogP contribution in [0.5, 0.6) is 0 Å². The van der Waals surface area contributed by atoms with Crippen LogP contribution in [0.4, 0.5) is 9.18 Å². The Hall–Kier alpha value is -2.64. The van der Waals surface area contributed by atoms with Gasteiger partial charge in [-0.2, -0.15) is 0 Å². The third-order valence-corrected chi connectivity index (χ3v) is 4.98. The van der Waals surface area contributed by atoms with Crippen LogP contribution in [-0.2, 0) is 16.2 Å². The lowest BCUT2D eigenvalue weighted by atomic mass is 9.96. The number of urea groups is 1. The van der Waals surface area contributed by atoms with Crippen LogP contribution in [-0.4, -0.2) is 47.3 Å². The molecule has 1 atom stereocenters. The van der Waals surface area contributed by atoms with Gasteiger partial charge in [0.1, 0.15) is 11.5 Å². The Labute approximate surface area is 150 Å². The first-order valence-corrected chi connectivity index (χ1v) is 8.86. The molecular formula is C18H21FN4O3. The largest absolute Gasteiger partial charge is 0.386 e. The summed E-state index contributed by atoms with van der Waals surface area (Å²) in [5.74, 6) is -0.612. The van der Waals surface area contributed by atoms with Gasteiger partial charge < -0.3 is 20.4 Å². The number of likely N-dealkylation sites (tertiary alicyclic amines) is 1. The average molecular weight is 360 g/mol. The van der Waals surface area contributed by atoms with Crippen LogP contribution in [0, 0.1) is 5.82 Å². The van der Waals surface area contributed by atoms with Crippen LogP contribution in [0.3, 0.4) is 0 Å². The van der Waals surface area contributed by atoms with E-state index in [4.69, 9.17) is 4.84 Å². The van der Waals surface area contributed by atoms with Crippen molar-refractivity contribution >= 4 is 17.6 Å². The van der Waals surface area contributed by atoms with Gasteiger partial charge in [-0.3, -0.25) is 4.79 Å². The van der Waals surface area contributed by atoms with Crippen LogP contribution in [0.1, 0.15) is 31.2 Å². The Morgan fingerprint density at radius 3 is 2.81 bits per heavy atom. The Morgan fingerprint density at radius 1 is 1.31 bits per heavy atom. The summed E-state index contributed by atoms with van der Waals surface area (Å²) < 4.78 is 12.9. The maximum atomic E-state index is 12.9. The van der Waals surface area contributed by atoms with Gasteiger partial charge in [0.25, 0.3) is 5.91 Å². The summed E-state index contributed by atoms with van der Waals surface area (Å²) in [6.45, 7) is 1.32. The fourth-order valence-electron chi connectivity index (χ4n) is 3.26. The molecule has 2 aliphatic heterocycles. The molecule has 8 heteroatoms. The van der Waals surface area contributed by atoms with Gasteiger partial charge >= 0.3 is 6.03 Å². The number of carbonyl (C=O) groups is 2. The van der Waals surface area contributed by atoms with Gasteiger partial charge in [0, 0.05) is 32.0 Å². The Kier molecular flexibility index (Phi) is 4.26. The van der Waals surface area contributed by atoms with Crippen molar-refractivity contribution in [2.45, 2.75) is 43.9 Å². The van der Waals surface area contributed by atoms with Crippen LogP contribution in [0.25, 0.3) is 0 Å². The molecule has 2 heterocycles. The number of oxime groups is 1. The molecule has 1 saturated carbocycles. The number of rotatable bonds is 4. The minimum absolute atomic E-state index is 0.0674. The molecular weight excluding hydrogens is 339 g/mol. The predicted molar refractivity (Wildman–Crippen MR) is 91.9 cm³/mol. The molecule has 1 saturated heterocycles. The minimum Gasteiger partial charge on any atom is -0.386 e. The van der Waals surface area contributed by atoms with E-state index in [1.807, 2.05) is 0 Å². The highest BCUT2D eigenvalue weighted by Crippen LogP contribution is 2.34. The van der Waals surface area contributed by atoms with Crippen LogP contribution in [0.15, 0.2) is 29.4 Å². The number of hydrogen-bond acceptors (Lipinski definition) is 4. The number of nitrogens with one attached hydrogen (secondary N) is 2. The first-order chi connectivity index (χ1) is 12.5. The molecule has 1 aliphatic carbocycles. The van der Waals surface area contributed by atoms with Crippen molar-refractivity contribution in [2.24, 2.45) is 5.16 Å². The summed E-state index contributed by atoms with van der Waals surface area (Å²) in [5, 5.41) is 9.69. The molecule has 26 heavy (non-hydrogen) atoms. The summed E-state index contributed by atoms with van der Waals surface area (Å²) in [6, 6.07) is 6.20. The summed E-state index contributed by atoms with van der Waals surface area (Å²) in [5.41, 5.74) is 0.540. The van der Waals surface area contributed by atoms with Gasteiger partial charge in [0.15, 0.2) is 5.60 Å². The quantitative estimate of drug-likeness (QED) is 0.854. The second-order valence-corrected chi connectivity index (χ2v) is 7.19. The zero-order chi connectivity index (χ0) is 18.1. The zero-order valence-electron chi connectivity index (χ0n) is 14.3. The van der Waals surface area contributed by atoms with E-state index in [0.29, 0.717) is 44.2 Å². The highest BCUT2D eigenvalue weighted by Gasteiger charge is 2.48. The van der Waals surface area contributed by atoms with Crippen molar-refractivity contribution in [2.75, 3.05) is 13.1 Å². The summed E-state index contributed by atoms with van der Waals surface area (Å²) >= 11 is 0. The fourth-order valence-corrected chi connectivity index (χ4v) is 3.26. The molecule has 3 aliphatic rings. The Morgan fingerprint density at radius 2 is 2.08 bits per heavy atom. The van der Waals surface area contributed by atoms with Crippen molar-refractivity contribution in [1.29, 1.82) is 0 Å². The second kappa shape index (κ2) is 6.59. The van der Waals surface area contributed by atoms with Crippen molar-refractivity contribution < 1.29 is 18.8 Å². The maximum Gasteiger partial charge on any atom is 0.317 e. The van der Waals surface area contributed by atoms with E-state index in [2.05, 4.69) is 15.8 Å². The van der Waals surface area contributed by atoms with Crippen molar-refractivity contribution in [1.82, 2.24) is 15.5 Å². The summed E-state index contributed by atoms with van der Waals surface area (Å²) in [6.07, 6.45) is 3.13. The van der Waals surface area contributed by atoms with Gasteiger partial charge in [0.05, 0.1) is 6.54 Å². The molecule has 0 radical (unpaired) electrons. The SMILES string of the molecule is O=C(NCc1ccc(F)cc1)C1=NOC2(CCN(C(=O)NC3CC3)C2)C1. The number of halogens is 1. The molecule has 7 nitrogen and oxygen atoms in total. The molecule has 2 fully saturated rings. The van der Waals surface area contributed by atoms with Crippen LogP contribution >= 0.6 is 0 Å². The Balaban J connectivity index is 1.28. The first kappa shape index (κ1) is 16.8. The maximum absolute atomic E-state index is 12.9. The summed E-state index contributed by atoms with van der Waals surface area (Å²) in [4.78, 5) is 31.7. The number of nitrogens with zero attached hydrogens (tertiary/aromatic N) is 2. The van der Waals surface area contributed by atoms with Crippen LogP contribution < -0.4 is 10.6 Å². The predicted octanol–water partition coefficient (Wildman–Crippen LogP) is 1.53. The topological polar surface area (TPSA) is 83.0 Å². The molecule has 0 aromatic heterocycles. The van der Waals surface area contributed by atoms with E-state index in [1.165, 1.54) is 12.1 Å². The van der Waals surface area contributed by atoms with Crippen molar-refractivity contribution in [3.05, 3.63) is 35.6 Å². The van der Waals surface area contributed by atoms with Crippen LogP contribution in [0.2, 0.25) is 0 Å². The number of hydrogen-bond donors (Lipinski definition) is 2. The molecule has 0 bridgehead atoms. The number of benzene rings is 1. The highest BCUT2D eigenvalue weighted by atomic mass is 19.1. The van der Waals surface area contributed by atoms with Gasteiger partial charge in [-0.1, -0.05) is 17.3 Å². The van der Waals surface area contributed by atoms with E-state index in [-0.39, 0.29) is 17.8 Å². The first-order valence-electron chi connectivity index (χ1n) is 8.86. The summed E-state index contributed by atoms with van der Waals surface area (Å²) in [7, 11) is 0. The van der Waals surface area contributed by atoms with Crippen molar-refractivity contribution in [3.63, 3.8) is 0 Å². The van der Waals surface area contributed by atoms with E-state index in [9.17, 15) is 14.0 Å². The van der Waals surface area contributed by atoms with Crippen molar-refractivity contribution in [3.8, 4) is 0 Å². The zero-order valence-corrected chi connectivity index (χ0v) is 14.3. The normalized spacial score (nSPS) is 24.3. The second-order valence-electron chi connectivity index (χ2n) is 7.19. The van der Waals surface area contributed by atoms with E-state index >= 15 is 0 Å². The monoisotopic (exact) mass is 360 g/mol. The van der Waals surface area contributed by atoms with Gasteiger partial charge in [-0.05, 0) is 30.5 Å². The third-order valence-electron chi connectivity index (χ3n) is 4.98.